The number of hydrogen-bond acceptors (Lipinski definition) is 6. The molecule has 0 bridgehead atoms. The van der Waals surface area contributed by atoms with Crippen molar-refractivity contribution in [1.29, 1.82) is 0 Å². The molecule has 4 amide bonds. The summed E-state index contributed by atoms with van der Waals surface area (Å²) in [6.07, 6.45) is 0. The van der Waals surface area contributed by atoms with Crippen molar-refractivity contribution in [2.24, 2.45) is 5.92 Å². The number of aromatic nitrogens is 1. The maximum Gasteiger partial charge on any atom is 0.335 e. The third-order valence-electron chi connectivity index (χ3n) is 4.38. The van der Waals surface area contributed by atoms with Gasteiger partial charge in [0.15, 0.2) is 0 Å². The van der Waals surface area contributed by atoms with Gasteiger partial charge in [-0.2, -0.15) is 0 Å². The summed E-state index contributed by atoms with van der Waals surface area (Å²) in [4.78, 5) is 45.3. The van der Waals surface area contributed by atoms with Crippen LogP contribution >= 0.6 is 11.3 Å². The zero-order valence-electron chi connectivity index (χ0n) is 15.3. The number of nitrogens with zero attached hydrogens (tertiary/aromatic N) is 4. The summed E-state index contributed by atoms with van der Waals surface area (Å²) in [5, 5.41) is 0.901. The number of imide groups is 2. The molecule has 7 nitrogen and oxygen atoms in total. The fourth-order valence-electron chi connectivity index (χ4n) is 2.80. The van der Waals surface area contributed by atoms with Crippen LogP contribution in [-0.2, 0) is 9.59 Å². The number of thiazole rings is 1. The van der Waals surface area contributed by atoms with Crippen LogP contribution in [0.3, 0.4) is 0 Å². The third kappa shape index (κ3) is 3.34. The highest BCUT2D eigenvalue weighted by molar-refractivity contribution is 7.18. The van der Waals surface area contributed by atoms with Crippen molar-refractivity contribution in [3.63, 3.8) is 0 Å². The number of carbonyl (C=O) groups is 3. The molecular formula is C18H22N4O3S. The van der Waals surface area contributed by atoms with Gasteiger partial charge in [-0.05, 0) is 32.0 Å². The summed E-state index contributed by atoms with van der Waals surface area (Å²) >= 11 is 1.58. The molecule has 1 aromatic carbocycles. The Morgan fingerprint density at radius 1 is 1.08 bits per heavy atom. The second-order valence-corrected chi connectivity index (χ2v) is 7.98. The van der Waals surface area contributed by atoms with E-state index in [9.17, 15) is 14.4 Å². The molecule has 0 N–H and O–H groups in total. The molecule has 26 heavy (non-hydrogen) atoms. The molecule has 0 aliphatic carbocycles. The minimum atomic E-state index is -0.765. The maximum atomic E-state index is 12.5. The maximum absolute atomic E-state index is 12.5. The van der Waals surface area contributed by atoms with Gasteiger partial charge in [-0.3, -0.25) is 19.4 Å². The highest BCUT2D eigenvalue weighted by Crippen LogP contribution is 2.29. The largest absolute Gasteiger partial charge is 0.335 e. The van der Waals surface area contributed by atoms with Gasteiger partial charge in [-0.1, -0.05) is 26.0 Å². The van der Waals surface area contributed by atoms with Crippen LogP contribution in [-0.4, -0.2) is 57.8 Å². The molecule has 1 aromatic heterocycles. The summed E-state index contributed by atoms with van der Waals surface area (Å²) in [5.74, 6) is -1.40. The lowest BCUT2D eigenvalue weighted by atomic mass is 10.2. The Morgan fingerprint density at radius 2 is 1.73 bits per heavy atom. The van der Waals surface area contributed by atoms with E-state index in [0.29, 0.717) is 0 Å². The molecule has 2 heterocycles. The normalized spacial score (nSPS) is 16.6. The first-order valence-corrected chi connectivity index (χ1v) is 9.34. The van der Waals surface area contributed by atoms with Crippen molar-refractivity contribution in [1.82, 2.24) is 19.7 Å². The Balaban J connectivity index is 1.74. The molecule has 0 radical (unpaired) electrons. The van der Waals surface area contributed by atoms with Crippen LogP contribution in [0.15, 0.2) is 24.3 Å². The molecule has 2 aromatic rings. The molecule has 0 unspecified atom stereocenters. The molecule has 0 spiro atoms. The summed E-state index contributed by atoms with van der Waals surface area (Å²) in [6, 6.07) is 7.24. The lowest BCUT2D eigenvalue weighted by Crippen LogP contribution is -2.42. The van der Waals surface area contributed by atoms with Crippen molar-refractivity contribution in [2.75, 3.05) is 20.3 Å². The van der Waals surface area contributed by atoms with E-state index >= 15 is 0 Å². The SMILES string of the molecule is CC(C)CN1C(=O)C(=O)N(CN(C)[C@@H](C)c2nc3ccccc3s2)C1=O. The monoisotopic (exact) mass is 374 g/mol. The van der Waals surface area contributed by atoms with Gasteiger partial charge in [0.05, 0.1) is 22.9 Å². The van der Waals surface area contributed by atoms with Gasteiger partial charge in [0.1, 0.15) is 5.01 Å². The highest BCUT2D eigenvalue weighted by atomic mass is 32.1. The molecule has 1 aliphatic rings. The first-order chi connectivity index (χ1) is 12.3. The average molecular weight is 374 g/mol. The summed E-state index contributed by atoms with van der Waals surface area (Å²) < 4.78 is 1.09. The molecule has 1 aliphatic heterocycles. The number of para-hydroxylation sites is 1. The van der Waals surface area contributed by atoms with Gasteiger partial charge in [0.2, 0.25) is 0 Å². The van der Waals surface area contributed by atoms with E-state index in [1.165, 1.54) is 0 Å². The van der Waals surface area contributed by atoms with Crippen LogP contribution in [0.1, 0.15) is 31.8 Å². The van der Waals surface area contributed by atoms with E-state index in [1.807, 2.05) is 57.0 Å². The molecule has 1 atom stereocenters. The third-order valence-corrected chi connectivity index (χ3v) is 5.58. The fourth-order valence-corrected chi connectivity index (χ4v) is 3.89. The Hall–Kier alpha value is -2.32. The second kappa shape index (κ2) is 7.13. The first-order valence-electron chi connectivity index (χ1n) is 8.52. The van der Waals surface area contributed by atoms with Crippen molar-refractivity contribution >= 4 is 39.4 Å². The Morgan fingerprint density at radius 3 is 2.38 bits per heavy atom. The van der Waals surface area contributed by atoms with Crippen molar-refractivity contribution in [3.05, 3.63) is 29.3 Å². The minimum absolute atomic E-state index is 0.0507. The first kappa shape index (κ1) is 18.5. The smallest absolute Gasteiger partial charge is 0.279 e. The van der Waals surface area contributed by atoms with Crippen LogP contribution in [0.5, 0.6) is 0 Å². The van der Waals surface area contributed by atoms with E-state index in [1.54, 1.807) is 11.3 Å². The molecule has 0 saturated carbocycles. The Bertz CT molecular complexity index is 830. The quantitative estimate of drug-likeness (QED) is 0.574. The zero-order chi connectivity index (χ0) is 19.0. The molecule has 1 saturated heterocycles. The van der Waals surface area contributed by atoms with E-state index in [2.05, 4.69) is 4.98 Å². The van der Waals surface area contributed by atoms with Crippen LogP contribution in [0.25, 0.3) is 10.2 Å². The second-order valence-electron chi connectivity index (χ2n) is 6.92. The lowest BCUT2D eigenvalue weighted by Gasteiger charge is -2.26. The number of benzene rings is 1. The minimum Gasteiger partial charge on any atom is -0.279 e. The van der Waals surface area contributed by atoms with Gasteiger partial charge in [-0.15, -0.1) is 11.3 Å². The van der Waals surface area contributed by atoms with E-state index in [4.69, 9.17) is 0 Å². The van der Waals surface area contributed by atoms with Gasteiger partial charge in [-0.25, -0.2) is 14.7 Å². The number of urea groups is 1. The standard InChI is InChI=1S/C18H22N4O3S/c1-11(2)9-21-16(23)17(24)22(18(21)25)10-20(4)12(3)15-19-13-7-5-6-8-14(13)26-15/h5-8,11-12H,9-10H2,1-4H3/t12-/m0/s1. The Kier molecular flexibility index (Phi) is 5.06. The number of fused-ring (bicyclic) bond motifs is 1. The predicted molar refractivity (Wildman–Crippen MR) is 99.5 cm³/mol. The van der Waals surface area contributed by atoms with Crippen LogP contribution < -0.4 is 0 Å². The molecule has 1 fully saturated rings. The van der Waals surface area contributed by atoms with Crippen molar-refractivity contribution in [3.8, 4) is 0 Å². The van der Waals surface area contributed by atoms with Gasteiger partial charge >= 0.3 is 17.8 Å². The number of amides is 4. The summed E-state index contributed by atoms with van der Waals surface area (Å²) in [6.45, 7) is 6.06. The number of hydrogen-bond donors (Lipinski definition) is 0. The molecule has 8 heteroatoms. The molecular weight excluding hydrogens is 352 g/mol. The van der Waals surface area contributed by atoms with Crippen LogP contribution in [0.4, 0.5) is 4.79 Å². The highest BCUT2D eigenvalue weighted by Gasteiger charge is 2.45. The van der Waals surface area contributed by atoms with Crippen LogP contribution in [0.2, 0.25) is 0 Å². The van der Waals surface area contributed by atoms with Crippen LogP contribution in [0, 0.1) is 5.92 Å². The van der Waals surface area contributed by atoms with E-state index in [-0.39, 0.29) is 25.2 Å². The molecule has 138 valence electrons. The van der Waals surface area contributed by atoms with Gasteiger partial charge in [0, 0.05) is 6.54 Å². The van der Waals surface area contributed by atoms with Gasteiger partial charge in [0.25, 0.3) is 0 Å². The lowest BCUT2D eigenvalue weighted by molar-refractivity contribution is -0.144. The average Bonchev–Trinajstić information content (AvgIpc) is 3.12. The predicted octanol–water partition coefficient (Wildman–Crippen LogP) is 2.69. The fraction of sp³-hybridized carbons (Fsp3) is 0.444. The van der Waals surface area contributed by atoms with E-state index in [0.717, 1.165) is 25.0 Å². The van der Waals surface area contributed by atoms with Crippen molar-refractivity contribution < 1.29 is 14.4 Å². The number of carbonyl (C=O) groups excluding carboxylic acids is 3. The number of rotatable bonds is 6. The van der Waals surface area contributed by atoms with E-state index < -0.39 is 17.8 Å². The summed E-state index contributed by atoms with van der Waals surface area (Å²) in [5.41, 5.74) is 0.930. The topological polar surface area (TPSA) is 73.8 Å². The zero-order valence-corrected chi connectivity index (χ0v) is 16.1. The van der Waals surface area contributed by atoms with Gasteiger partial charge < -0.3 is 0 Å². The Labute approximate surface area is 156 Å². The molecule has 3 rings (SSSR count). The summed E-state index contributed by atoms with van der Waals surface area (Å²) in [7, 11) is 1.81. The van der Waals surface area contributed by atoms with Crippen molar-refractivity contribution in [2.45, 2.75) is 26.8 Å².